The molecule has 0 aromatic carbocycles. The smallest absolute Gasteiger partial charge is 0.377 e. The van der Waals surface area contributed by atoms with Gasteiger partial charge >= 0.3 is 8.80 Å². The summed E-state index contributed by atoms with van der Waals surface area (Å²) in [4.78, 5) is 0. The fraction of sp³-hybridized carbons (Fsp3) is 1.00. The van der Waals surface area contributed by atoms with Crippen molar-refractivity contribution in [1.82, 2.24) is 0 Å². The highest BCUT2D eigenvalue weighted by Crippen LogP contribution is 2.14. The van der Waals surface area contributed by atoms with Crippen LogP contribution < -0.4 is 11.5 Å². The van der Waals surface area contributed by atoms with Crippen LogP contribution >= 0.6 is 0 Å². The van der Waals surface area contributed by atoms with Crippen molar-refractivity contribution in [2.24, 2.45) is 11.5 Å². The van der Waals surface area contributed by atoms with Gasteiger partial charge in [0.25, 0.3) is 0 Å². The van der Waals surface area contributed by atoms with E-state index in [-0.39, 0.29) is 6.17 Å². The van der Waals surface area contributed by atoms with E-state index in [0.717, 1.165) is 0 Å². The molecule has 0 atom stereocenters. The summed E-state index contributed by atoms with van der Waals surface area (Å²) in [6.07, 6.45) is 0.305. The van der Waals surface area contributed by atoms with Crippen LogP contribution in [0.4, 0.5) is 0 Å². The fourth-order valence-corrected chi connectivity index (χ4v) is 2.70. The summed E-state index contributed by atoms with van der Waals surface area (Å²) < 4.78 is 15.5. The quantitative estimate of drug-likeness (QED) is 0.440. The maximum absolute atomic E-state index is 5.40. The van der Waals surface area contributed by atoms with Crippen LogP contribution in [0.2, 0.25) is 6.04 Å². The van der Waals surface area contributed by atoms with Gasteiger partial charge in [0.05, 0.1) is 6.17 Å². The van der Waals surface area contributed by atoms with E-state index in [1.807, 2.05) is 0 Å². The van der Waals surface area contributed by atoms with Gasteiger partial charge in [-0.25, -0.2) is 0 Å². The Morgan fingerprint density at radius 3 is 1.75 bits per heavy atom. The van der Waals surface area contributed by atoms with Crippen molar-refractivity contribution in [3.63, 3.8) is 0 Å². The molecule has 0 amide bonds. The van der Waals surface area contributed by atoms with Crippen LogP contribution in [0.1, 0.15) is 6.42 Å². The summed E-state index contributed by atoms with van der Waals surface area (Å²) in [5, 5.41) is 0. The molecule has 0 rings (SSSR count). The minimum atomic E-state index is -2.44. The second kappa shape index (κ2) is 5.63. The van der Waals surface area contributed by atoms with E-state index in [2.05, 4.69) is 0 Å². The van der Waals surface area contributed by atoms with E-state index in [0.29, 0.717) is 12.5 Å². The first-order valence-electron chi connectivity index (χ1n) is 3.77. The summed E-state index contributed by atoms with van der Waals surface area (Å²) in [6, 6.07) is 0.647. The Morgan fingerprint density at radius 1 is 1.08 bits per heavy atom. The monoisotopic (exact) mass is 194 g/mol. The Bertz CT molecular complexity index is 111. The van der Waals surface area contributed by atoms with Gasteiger partial charge in [0, 0.05) is 27.4 Å². The predicted molar refractivity (Wildman–Crippen MR) is 48.4 cm³/mol. The molecule has 0 heterocycles. The zero-order valence-corrected chi connectivity index (χ0v) is 8.87. The van der Waals surface area contributed by atoms with Gasteiger partial charge in [-0.05, 0) is 6.42 Å². The molecule has 0 aromatic rings. The standard InChI is InChI=1S/C6H18N2O3Si/c1-9-12(10-2,11-3)5-4-6(7)8/h6H,4-5,7-8H2,1-3H3. The lowest BCUT2D eigenvalue weighted by molar-refractivity contribution is 0.122. The van der Waals surface area contributed by atoms with Crippen molar-refractivity contribution in [3.8, 4) is 0 Å². The molecule has 6 heteroatoms. The lowest BCUT2D eigenvalue weighted by atomic mass is 10.4. The molecule has 0 aliphatic heterocycles. The van der Waals surface area contributed by atoms with Gasteiger partial charge in [0.1, 0.15) is 0 Å². The highest BCUT2D eigenvalue weighted by Gasteiger charge is 2.37. The molecule has 0 aliphatic carbocycles. The number of rotatable bonds is 6. The van der Waals surface area contributed by atoms with Crippen molar-refractivity contribution in [1.29, 1.82) is 0 Å². The largest absolute Gasteiger partial charge is 0.500 e. The molecule has 5 nitrogen and oxygen atoms in total. The van der Waals surface area contributed by atoms with E-state index in [9.17, 15) is 0 Å². The lowest BCUT2D eigenvalue weighted by Crippen LogP contribution is -2.45. The molecule has 0 fully saturated rings. The van der Waals surface area contributed by atoms with Crippen LogP contribution in [0.5, 0.6) is 0 Å². The number of nitrogens with two attached hydrogens (primary N) is 2. The Labute approximate surface area is 74.3 Å². The van der Waals surface area contributed by atoms with Crippen LogP contribution in [-0.4, -0.2) is 36.3 Å². The van der Waals surface area contributed by atoms with E-state index < -0.39 is 8.80 Å². The normalized spacial score (nSPS) is 12.5. The van der Waals surface area contributed by atoms with Gasteiger partial charge in [0.15, 0.2) is 0 Å². The van der Waals surface area contributed by atoms with Gasteiger partial charge in [0.2, 0.25) is 0 Å². The number of hydrogen-bond donors (Lipinski definition) is 2. The van der Waals surface area contributed by atoms with Crippen LogP contribution in [0, 0.1) is 0 Å². The molecule has 0 aromatic heterocycles. The van der Waals surface area contributed by atoms with Gasteiger partial charge in [-0.15, -0.1) is 0 Å². The second-order valence-corrected chi connectivity index (χ2v) is 5.59. The van der Waals surface area contributed by atoms with E-state index in [4.69, 9.17) is 24.7 Å². The Kier molecular flexibility index (Phi) is 5.63. The van der Waals surface area contributed by atoms with Gasteiger partial charge in [-0.3, -0.25) is 0 Å². The fourth-order valence-electron chi connectivity index (χ4n) is 0.900. The molecule has 0 aliphatic rings. The third kappa shape index (κ3) is 3.61. The minimum absolute atomic E-state index is 0.336. The summed E-state index contributed by atoms with van der Waals surface area (Å²) in [6.45, 7) is 0. The average molecular weight is 194 g/mol. The van der Waals surface area contributed by atoms with E-state index >= 15 is 0 Å². The molecule has 0 radical (unpaired) electrons. The molecular weight excluding hydrogens is 176 g/mol. The van der Waals surface area contributed by atoms with Gasteiger partial charge in [-0.2, -0.15) is 0 Å². The van der Waals surface area contributed by atoms with Crippen LogP contribution in [-0.2, 0) is 13.3 Å². The summed E-state index contributed by atoms with van der Waals surface area (Å²) in [5.74, 6) is 0. The molecule has 0 spiro atoms. The highest BCUT2D eigenvalue weighted by atomic mass is 28.4. The topological polar surface area (TPSA) is 79.7 Å². The lowest BCUT2D eigenvalue weighted by Gasteiger charge is -2.24. The highest BCUT2D eigenvalue weighted by molar-refractivity contribution is 6.60. The number of hydrogen-bond acceptors (Lipinski definition) is 5. The second-order valence-electron chi connectivity index (χ2n) is 2.50. The third-order valence-corrected chi connectivity index (χ3v) is 4.48. The molecule has 0 saturated carbocycles. The van der Waals surface area contributed by atoms with E-state index in [1.54, 1.807) is 21.3 Å². The zero-order valence-electron chi connectivity index (χ0n) is 7.87. The van der Waals surface area contributed by atoms with Gasteiger partial charge < -0.3 is 24.7 Å². The van der Waals surface area contributed by atoms with Crippen molar-refractivity contribution in [2.75, 3.05) is 21.3 Å². The van der Waals surface area contributed by atoms with E-state index in [1.165, 1.54) is 0 Å². The maximum Gasteiger partial charge on any atom is 0.500 e. The molecule has 0 bridgehead atoms. The first-order chi connectivity index (χ1) is 5.60. The Hall–Kier alpha value is 0.0169. The third-order valence-electron chi connectivity index (χ3n) is 1.72. The predicted octanol–water partition coefficient (Wildman–Crippen LogP) is -0.502. The van der Waals surface area contributed by atoms with Crippen LogP contribution in [0.25, 0.3) is 0 Å². The average Bonchev–Trinajstić information content (AvgIpc) is 2.08. The zero-order chi connectivity index (χ0) is 9.61. The maximum atomic E-state index is 5.40. The Morgan fingerprint density at radius 2 is 1.50 bits per heavy atom. The molecular formula is C6H18N2O3Si. The SMILES string of the molecule is CO[Si](CCC(N)N)(OC)OC. The molecule has 0 unspecified atom stereocenters. The molecule has 74 valence electrons. The van der Waals surface area contributed by atoms with Crippen molar-refractivity contribution in [2.45, 2.75) is 18.6 Å². The van der Waals surface area contributed by atoms with Crippen molar-refractivity contribution >= 4 is 8.80 Å². The van der Waals surface area contributed by atoms with Gasteiger partial charge in [-0.1, -0.05) is 0 Å². The molecule has 4 N–H and O–H groups in total. The van der Waals surface area contributed by atoms with Crippen LogP contribution in [0.15, 0.2) is 0 Å². The molecule has 0 saturated heterocycles. The summed E-state index contributed by atoms with van der Waals surface area (Å²) >= 11 is 0. The minimum Gasteiger partial charge on any atom is -0.377 e. The summed E-state index contributed by atoms with van der Waals surface area (Å²) in [5.41, 5.74) is 10.8. The molecule has 12 heavy (non-hydrogen) atoms. The first kappa shape index (κ1) is 12.0. The summed E-state index contributed by atoms with van der Waals surface area (Å²) in [7, 11) is 2.27. The van der Waals surface area contributed by atoms with Crippen molar-refractivity contribution < 1.29 is 13.3 Å². The Balaban J connectivity index is 3.93. The van der Waals surface area contributed by atoms with Crippen LogP contribution in [0.3, 0.4) is 0 Å². The first-order valence-corrected chi connectivity index (χ1v) is 5.70. The van der Waals surface area contributed by atoms with Crippen molar-refractivity contribution in [3.05, 3.63) is 0 Å².